The van der Waals surface area contributed by atoms with Crippen LogP contribution in [0, 0.1) is 5.92 Å². The summed E-state index contributed by atoms with van der Waals surface area (Å²) in [7, 11) is 0. The third kappa shape index (κ3) is 3.70. The second kappa shape index (κ2) is 6.96. The van der Waals surface area contributed by atoms with Gasteiger partial charge >= 0.3 is 0 Å². The summed E-state index contributed by atoms with van der Waals surface area (Å²) in [4.78, 5) is 16.0. The number of anilines is 1. The van der Waals surface area contributed by atoms with E-state index in [1.165, 1.54) is 6.20 Å². The highest BCUT2D eigenvalue weighted by atomic mass is 16.1. The molecule has 0 radical (unpaired) electrons. The molecule has 1 aromatic heterocycles. The van der Waals surface area contributed by atoms with Crippen molar-refractivity contribution in [3.05, 3.63) is 23.9 Å². The second-order valence-electron chi connectivity index (χ2n) is 4.42. The van der Waals surface area contributed by atoms with Crippen molar-refractivity contribution in [2.45, 2.75) is 39.7 Å². The quantitative estimate of drug-likeness (QED) is 0.532. The van der Waals surface area contributed by atoms with Crippen LogP contribution in [-0.2, 0) is 0 Å². The number of nitrogens with one attached hydrogen (secondary N) is 2. The average Bonchev–Trinajstić information content (AvgIpc) is 2.40. The zero-order valence-electron chi connectivity index (χ0n) is 11.2. The molecule has 1 unspecified atom stereocenters. The number of rotatable bonds is 6. The van der Waals surface area contributed by atoms with Crippen molar-refractivity contribution < 1.29 is 4.79 Å². The zero-order chi connectivity index (χ0) is 13.5. The molecule has 1 amide bonds. The van der Waals surface area contributed by atoms with Crippen LogP contribution in [0.4, 0.5) is 5.82 Å². The first-order chi connectivity index (χ1) is 8.62. The van der Waals surface area contributed by atoms with E-state index in [2.05, 4.69) is 29.6 Å². The summed E-state index contributed by atoms with van der Waals surface area (Å²) in [6, 6.07) is 3.55. The minimum absolute atomic E-state index is 0.0922. The SMILES string of the molecule is CCC(CC)C(C)NC(=O)c1ccc(NN)nc1. The number of pyridine rings is 1. The van der Waals surface area contributed by atoms with Crippen molar-refractivity contribution in [1.82, 2.24) is 10.3 Å². The molecule has 0 spiro atoms. The summed E-state index contributed by atoms with van der Waals surface area (Å²) >= 11 is 0. The Bertz CT molecular complexity index is 373. The molecule has 0 aliphatic heterocycles. The van der Waals surface area contributed by atoms with E-state index in [4.69, 9.17) is 5.84 Å². The van der Waals surface area contributed by atoms with E-state index in [0.717, 1.165) is 12.8 Å². The lowest BCUT2D eigenvalue weighted by atomic mass is 9.95. The maximum absolute atomic E-state index is 12.0. The number of nitrogen functional groups attached to an aromatic ring is 1. The molecule has 0 saturated heterocycles. The van der Waals surface area contributed by atoms with E-state index >= 15 is 0 Å². The van der Waals surface area contributed by atoms with Gasteiger partial charge in [-0.15, -0.1) is 0 Å². The Kier molecular flexibility index (Phi) is 5.58. The zero-order valence-corrected chi connectivity index (χ0v) is 11.2. The summed E-state index contributed by atoms with van der Waals surface area (Å²) < 4.78 is 0. The van der Waals surface area contributed by atoms with Crippen LogP contribution in [0.15, 0.2) is 18.3 Å². The molecule has 5 nitrogen and oxygen atoms in total. The molecular weight excluding hydrogens is 228 g/mol. The Balaban J connectivity index is 2.64. The van der Waals surface area contributed by atoms with E-state index in [1.807, 2.05) is 6.92 Å². The van der Waals surface area contributed by atoms with Gasteiger partial charge in [0.05, 0.1) is 5.56 Å². The Morgan fingerprint density at radius 3 is 2.50 bits per heavy atom. The third-order valence-corrected chi connectivity index (χ3v) is 3.29. The van der Waals surface area contributed by atoms with E-state index in [9.17, 15) is 4.79 Å². The van der Waals surface area contributed by atoms with E-state index in [-0.39, 0.29) is 11.9 Å². The van der Waals surface area contributed by atoms with Gasteiger partial charge in [-0.25, -0.2) is 10.8 Å². The molecule has 1 aromatic rings. The molecule has 18 heavy (non-hydrogen) atoms. The monoisotopic (exact) mass is 250 g/mol. The van der Waals surface area contributed by atoms with Crippen molar-refractivity contribution >= 4 is 11.7 Å². The van der Waals surface area contributed by atoms with Crippen molar-refractivity contribution in [3.8, 4) is 0 Å². The van der Waals surface area contributed by atoms with Gasteiger partial charge in [-0.3, -0.25) is 4.79 Å². The highest BCUT2D eigenvalue weighted by Gasteiger charge is 2.16. The molecule has 0 aliphatic rings. The Hall–Kier alpha value is -1.62. The fourth-order valence-corrected chi connectivity index (χ4v) is 2.02. The van der Waals surface area contributed by atoms with E-state index < -0.39 is 0 Å². The van der Waals surface area contributed by atoms with Crippen LogP contribution in [0.3, 0.4) is 0 Å². The van der Waals surface area contributed by atoms with Crippen molar-refractivity contribution in [2.75, 3.05) is 5.43 Å². The fourth-order valence-electron chi connectivity index (χ4n) is 2.02. The number of hydrogen-bond donors (Lipinski definition) is 3. The maximum Gasteiger partial charge on any atom is 0.253 e. The van der Waals surface area contributed by atoms with Crippen LogP contribution in [0.25, 0.3) is 0 Å². The van der Waals surface area contributed by atoms with Gasteiger partial charge in [-0.2, -0.15) is 0 Å². The topological polar surface area (TPSA) is 80.0 Å². The van der Waals surface area contributed by atoms with Crippen LogP contribution >= 0.6 is 0 Å². The predicted molar refractivity (Wildman–Crippen MR) is 73.0 cm³/mol. The summed E-state index contributed by atoms with van der Waals surface area (Å²) in [5, 5.41) is 3.00. The molecule has 0 fully saturated rings. The minimum Gasteiger partial charge on any atom is -0.349 e. The lowest BCUT2D eigenvalue weighted by molar-refractivity contribution is 0.0925. The molecule has 100 valence electrons. The first-order valence-corrected chi connectivity index (χ1v) is 6.35. The van der Waals surface area contributed by atoms with Gasteiger partial charge in [-0.05, 0) is 25.0 Å². The first-order valence-electron chi connectivity index (χ1n) is 6.35. The Morgan fingerprint density at radius 1 is 1.39 bits per heavy atom. The van der Waals surface area contributed by atoms with Crippen LogP contribution < -0.4 is 16.6 Å². The van der Waals surface area contributed by atoms with Gasteiger partial charge in [0.25, 0.3) is 5.91 Å². The van der Waals surface area contributed by atoms with Gasteiger partial charge < -0.3 is 10.7 Å². The molecule has 0 aromatic carbocycles. The van der Waals surface area contributed by atoms with Crippen molar-refractivity contribution in [2.24, 2.45) is 11.8 Å². The number of hydrazine groups is 1. The number of amides is 1. The molecule has 5 heteroatoms. The number of aromatic nitrogens is 1. The molecule has 0 bridgehead atoms. The van der Waals surface area contributed by atoms with Gasteiger partial charge in [0.2, 0.25) is 0 Å². The number of carbonyl (C=O) groups is 1. The summed E-state index contributed by atoms with van der Waals surface area (Å²) in [6.07, 6.45) is 3.64. The van der Waals surface area contributed by atoms with Crippen LogP contribution in [0.5, 0.6) is 0 Å². The first kappa shape index (κ1) is 14.4. The second-order valence-corrected chi connectivity index (χ2v) is 4.42. The Morgan fingerprint density at radius 2 is 2.06 bits per heavy atom. The fraction of sp³-hybridized carbons (Fsp3) is 0.538. The largest absolute Gasteiger partial charge is 0.349 e. The predicted octanol–water partition coefficient (Wildman–Crippen LogP) is 1.92. The van der Waals surface area contributed by atoms with Gasteiger partial charge in [0, 0.05) is 12.2 Å². The third-order valence-electron chi connectivity index (χ3n) is 3.29. The highest BCUT2D eigenvalue weighted by molar-refractivity contribution is 5.94. The van der Waals surface area contributed by atoms with Gasteiger partial charge in [0.1, 0.15) is 5.82 Å². The molecule has 1 heterocycles. The van der Waals surface area contributed by atoms with Crippen LogP contribution in [-0.4, -0.2) is 16.9 Å². The Labute approximate surface area is 108 Å². The highest BCUT2D eigenvalue weighted by Crippen LogP contribution is 2.13. The van der Waals surface area contributed by atoms with Gasteiger partial charge in [0.15, 0.2) is 0 Å². The smallest absolute Gasteiger partial charge is 0.253 e. The molecule has 1 atom stereocenters. The molecule has 0 aliphatic carbocycles. The van der Waals surface area contributed by atoms with Crippen molar-refractivity contribution in [1.29, 1.82) is 0 Å². The molecule has 1 rings (SSSR count). The van der Waals surface area contributed by atoms with E-state index in [0.29, 0.717) is 17.3 Å². The number of nitrogens with zero attached hydrogens (tertiary/aromatic N) is 1. The minimum atomic E-state index is -0.0922. The van der Waals surface area contributed by atoms with Crippen molar-refractivity contribution in [3.63, 3.8) is 0 Å². The summed E-state index contributed by atoms with van der Waals surface area (Å²) in [6.45, 7) is 6.32. The molecule has 0 saturated carbocycles. The maximum atomic E-state index is 12.0. The van der Waals surface area contributed by atoms with Crippen LogP contribution in [0.1, 0.15) is 44.0 Å². The number of carbonyl (C=O) groups excluding carboxylic acids is 1. The summed E-state index contributed by atoms with van der Waals surface area (Å²) in [5.74, 6) is 6.17. The van der Waals surface area contributed by atoms with E-state index in [1.54, 1.807) is 12.1 Å². The summed E-state index contributed by atoms with van der Waals surface area (Å²) in [5.41, 5.74) is 2.98. The van der Waals surface area contributed by atoms with Crippen LogP contribution in [0.2, 0.25) is 0 Å². The molecular formula is C13H22N4O. The lowest BCUT2D eigenvalue weighted by Crippen LogP contribution is -2.37. The lowest BCUT2D eigenvalue weighted by Gasteiger charge is -2.22. The molecule has 4 N–H and O–H groups in total. The average molecular weight is 250 g/mol. The number of hydrogen-bond acceptors (Lipinski definition) is 4. The normalized spacial score (nSPS) is 12.3. The standard InChI is InChI=1S/C13H22N4O/c1-4-10(5-2)9(3)16-13(18)11-6-7-12(17-14)15-8-11/h6-10H,4-5,14H2,1-3H3,(H,15,17)(H,16,18). The number of nitrogens with two attached hydrogens (primary N) is 1. The van der Waals surface area contributed by atoms with Gasteiger partial charge in [-0.1, -0.05) is 26.7 Å².